The number of ketones is 1. The number of esters is 1. The lowest BCUT2D eigenvalue weighted by Crippen LogP contribution is -2.11. The highest BCUT2D eigenvalue weighted by Gasteiger charge is 2.13. The van der Waals surface area contributed by atoms with Gasteiger partial charge in [-0.25, -0.2) is 14.0 Å². The van der Waals surface area contributed by atoms with Gasteiger partial charge < -0.3 is 9.15 Å². The molecule has 0 amide bonds. The molecule has 0 saturated heterocycles. The number of benzene rings is 2. The van der Waals surface area contributed by atoms with Crippen LogP contribution in [0.15, 0.2) is 57.7 Å². The fourth-order valence-corrected chi connectivity index (χ4v) is 2.18. The molecular formula is C18H11FO5. The maximum absolute atomic E-state index is 13.1. The molecule has 0 radical (unpaired) electrons. The molecule has 0 unspecified atom stereocenters. The van der Waals surface area contributed by atoms with Crippen molar-refractivity contribution in [3.05, 3.63) is 75.9 Å². The molecule has 1 aromatic heterocycles. The van der Waals surface area contributed by atoms with E-state index in [4.69, 9.17) is 9.15 Å². The largest absolute Gasteiger partial charge is 0.423 e. The first-order chi connectivity index (χ1) is 11.4. The van der Waals surface area contributed by atoms with Gasteiger partial charge in [0, 0.05) is 11.5 Å². The quantitative estimate of drug-likeness (QED) is 0.319. The van der Waals surface area contributed by atoms with E-state index in [-0.39, 0.29) is 22.5 Å². The van der Waals surface area contributed by atoms with E-state index in [0.717, 1.165) is 6.07 Å². The summed E-state index contributed by atoms with van der Waals surface area (Å²) in [5.41, 5.74) is -0.575. The number of carbonyl (C=O) groups is 2. The van der Waals surface area contributed by atoms with Gasteiger partial charge >= 0.3 is 11.6 Å². The maximum atomic E-state index is 13.1. The number of hydrogen-bond acceptors (Lipinski definition) is 5. The summed E-state index contributed by atoms with van der Waals surface area (Å²) >= 11 is 0. The third-order valence-corrected chi connectivity index (χ3v) is 3.36. The van der Waals surface area contributed by atoms with Gasteiger partial charge in [0.2, 0.25) is 0 Å². The van der Waals surface area contributed by atoms with E-state index in [1.54, 1.807) is 6.07 Å². The molecule has 0 bridgehead atoms. The van der Waals surface area contributed by atoms with Crippen molar-refractivity contribution in [2.75, 3.05) is 0 Å². The second kappa shape index (κ2) is 6.08. The molecule has 0 atom stereocenters. The molecule has 0 aliphatic heterocycles. The lowest BCUT2D eigenvalue weighted by molar-refractivity contribution is 0.0734. The molecular weight excluding hydrogens is 315 g/mol. The highest BCUT2D eigenvalue weighted by atomic mass is 19.1. The van der Waals surface area contributed by atoms with Crippen LogP contribution in [0, 0.1) is 5.82 Å². The Labute approximate surface area is 135 Å². The van der Waals surface area contributed by atoms with E-state index in [0.29, 0.717) is 5.39 Å². The summed E-state index contributed by atoms with van der Waals surface area (Å²) in [6.07, 6.45) is 0. The van der Waals surface area contributed by atoms with Crippen LogP contribution in [-0.2, 0) is 0 Å². The zero-order valence-electron chi connectivity index (χ0n) is 12.5. The van der Waals surface area contributed by atoms with Crippen molar-refractivity contribution in [3.8, 4) is 5.75 Å². The van der Waals surface area contributed by atoms with Crippen LogP contribution in [-0.4, -0.2) is 11.8 Å². The average molecular weight is 326 g/mol. The predicted octanol–water partition coefficient (Wildman–Crippen LogP) is 3.35. The summed E-state index contributed by atoms with van der Waals surface area (Å²) in [5, 5.41) is 0.519. The Morgan fingerprint density at radius 1 is 1.08 bits per heavy atom. The summed E-state index contributed by atoms with van der Waals surface area (Å²) in [6.45, 7) is 1.27. The normalized spacial score (nSPS) is 10.6. The smallest absolute Gasteiger partial charge is 0.347 e. The fraction of sp³-hybridized carbons (Fsp3) is 0.0556. The second-order valence-electron chi connectivity index (χ2n) is 5.10. The molecule has 3 aromatic rings. The van der Waals surface area contributed by atoms with Gasteiger partial charge in [-0.1, -0.05) is 6.07 Å². The van der Waals surface area contributed by atoms with Crippen LogP contribution < -0.4 is 10.4 Å². The molecule has 2 aromatic carbocycles. The van der Waals surface area contributed by atoms with E-state index in [2.05, 4.69) is 0 Å². The molecule has 24 heavy (non-hydrogen) atoms. The van der Waals surface area contributed by atoms with Crippen LogP contribution in [0.1, 0.15) is 27.6 Å². The minimum absolute atomic E-state index is 0.0491. The van der Waals surface area contributed by atoms with Crippen LogP contribution in [0.3, 0.4) is 0 Å². The van der Waals surface area contributed by atoms with Gasteiger partial charge in [0.15, 0.2) is 5.78 Å². The van der Waals surface area contributed by atoms with E-state index >= 15 is 0 Å². The first-order valence-electron chi connectivity index (χ1n) is 7.00. The number of rotatable bonds is 3. The van der Waals surface area contributed by atoms with Crippen LogP contribution in [0.2, 0.25) is 0 Å². The minimum atomic E-state index is -0.761. The summed E-state index contributed by atoms with van der Waals surface area (Å²) in [4.78, 5) is 35.1. The zero-order chi connectivity index (χ0) is 17.3. The van der Waals surface area contributed by atoms with Crippen LogP contribution in [0.25, 0.3) is 11.0 Å². The third-order valence-electron chi connectivity index (χ3n) is 3.36. The van der Waals surface area contributed by atoms with Crippen molar-refractivity contribution in [3.63, 3.8) is 0 Å². The summed E-state index contributed by atoms with van der Waals surface area (Å²) < 4.78 is 23.4. The highest BCUT2D eigenvalue weighted by Crippen LogP contribution is 2.21. The van der Waals surface area contributed by atoms with E-state index in [1.165, 1.54) is 43.3 Å². The Bertz CT molecular complexity index is 1020. The van der Waals surface area contributed by atoms with Gasteiger partial charge in [-0.2, -0.15) is 0 Å². The van der Waals surface area contributed by atoms with Crippen molar-refractivity contribution in [1.82, 2.24) is 0 Å². The molecule has 120 valence electrons. The Hall–Kier alpha value is -3.28. The maximum Gasteiger partial charge on any atom is 0.347 e. The number of fused-ring (bicyclic) bond motifs is 1. The Morgan fingerprint density at radius 3 is 2.58 bits per heavy atom. The molecule has 1 heterocycles. The third kappa shape index (κ3) is 3.08. The van der Waals surface area contributed by atoms with Crippen molar-refractivity contribution < 1.29 is 23.1 Å². The number of carbonyl (C=O) groups excluding carboxylic acids is 2. The summed E-state index contributed by atoms with van der Waals surface area (Å²) in [7, 11) is 0. The number of halogens is 1. The first kappa shape index (κ1) is 15.6. The first-order valence-corrected chi connectivity index (χ1v) is 7.00. The SMILES string of the molecule is CC(=O)c1cc2ccc(OC(=O)c3cccc(F)c3)cc2oc1=O. The minimum Gasteiger partial charge on any atom is -0.423 e. The number of ether oxygens (including phenoxy) is 1. The lowest BCUT2D eigenvalue weighted by atomic mass is 10.1. The lowest BCUT2D eigenvalue weighted by Gasteiger charge is -2.06. The van der Waals surface area contributed by atoms with E-state index in [1.807, 2.05) is 0 Å². The van der Waals surface area contributed by atoms with Crippen molar-refractivity contribution >= 4 is 22.7 Å². The van der Waals surface area contributed by atoms with E-state index < -0.39 is 23.2 Å². The van der Waals surface area contributed by atoms with Crippen LogP contribution in [0.5, 0.6) is 5.75 Å². The standard InChI is InChI=1S/C18H11FO5/c1-10(20)15-8-11-5-6-14(9-16(11)24-18(15)22)23-17(21)12-3-2-4-13(19)7-12/h2-9H,1H3. The number of hydrogen-bond donors (Lipinski definition) is 0. The Kier molecular flexibility index (Phi) is 3.95. The van der Waals surface area contributed by atoms with Gasteiger partial charge in [-0.3, -0.25) is 4.79 Å². The van der Waals surface area contributed by atoms with Gasteiger partial charge in [0.25, 0.3) is 0 Å². The molecule has 6 heteroatoms. The van der Waals surface area contributed by atoms with Gasteiger partial charge in [-0.05, 0) is 43.3 Å². The second-order valence-corrected chi connectivity index (χ2v) is 5.10. The molecule has 0 spiro atoms. The van der Waals surface area contributed by atoms with Crippen LogP contribution in [0.4, 0.5) is 4.39 Å². The van der Waals surface area contributed by atoms with Crippen LogP contribution >= 0.6 is 0 Å². The summed E-state index contributed by atoms with van der Waals surface area (Å²) in [5.74, 6) is -1.55. The van der Waals surface area contributed by atoms with Gasteiger partial charge in [0.05, 0.1) is 5.56 Å². The van der Waals surface area contributed by atoms with Gasteiger partial charge in [0.1, 0.15) is 22.7 Å². The van der Waals surface area contributed by atoms with Crippen molar-refractivity contribution in [2.45, 2.75) is 6.92 Å². The Balaban J connectivity index is 1.93. The molecule has 0 fully saturated rings. The zero-order valence-corrected chi connectivity index (χ0v) is 12.5. The van der Waals surface area contributed by atoms with E-state index in [9.17, 15) is 18.8 Å². The molecule has 0 aliphatic carbocycles. The molecule has 3 rings (SSSR count). The van der Waals surface area contributed by atoms with Gasteiger partial charge in [-0.15, -0.1) is 0 Å². The fourth-order valence-electron chi connectivity index (χ4n) is 2.18. The monoisotopic (exact) mass is 326 g/mol. The molecule has 0 aliphatic rings. The number of Topliss-reactive ketones (excluding diaryl/α,β-unsaturated/α-hetero) is 1. The predicted molar refractivity (Wildman–Crippen MR) is 83.8 cm³/mol. The van der Waals surface area contributed by atoms with Crippen molar-refractivity contribution in [1.29, 1.82) is 0 Å². The average Bonchev–Trinajstić information content (AvgIpc) is 2.53. The Morgan fingerprint density at radius 2 is 1.88 bits per heavy atom. The topological polar surface area (TPSA) is 73.6 Å². The molecule has 0 N–H and O–H groups in total. The summed E-state index contributed by atoms with van der Waals surface area (Å²) in [6, 6.07) is 10.9. The molecule has 5 nitrogen and oxygen atoms in total. The van der Waals surface area contributed by atoms with Crippen molar-refractivity contribution in [2.24, 2.45) is 0 Å². The highest BCUT2D eigenvalue weighted by molar-refractivity contribution is 5.97. The molecule has 0 saturated carbocycles.